The summed E-state index contributed by atoms with van der Waals surface area (Å²) in [4.78, 5) is 12.3. The minimum Gasteiger partial charge on any atom is -0.459 e. The van der Waals surface area contributed by atoms with Crippen molar-refractivity contribution in [1.29, 1.82) is 0 Å². The molecule has 0 radical (unpaired) electrons. The first-order chi connectivity index (χ1) is 7.44. The van der Waals surface area contributed by atoms with Gasteiger partial charge in [0.25, 0.3) is 0 Å². The Bertz CT molecular complexity index is 285. The number of hydrogen-bond acceptors (Lipinski definition) is 4. The van der Waals surface area contributed by atoms with Gasteiger partial charge in [0.15, 0.2) is 0 Å². The van der Waals surface area contributed by atoms with Gasteiger partial charge >= 0.3 is 5.97 Å². The van der Waals surface area contributed by atoms with Crippen molar-refractivity contribution < 1.29 is 9.53 Å². The fraction of sp³-hybridized carbons (Fsp3) is 0.917. The highest BCUT2D eigenvalue weighted by Gasteiger charge is 2.52. The molecule has 2 rings (SSSR count). The molecule has 0 bridgehead atoms. The monoisotopic (exact) mass is 226 g/mol. The van der Waals surface area contributed by atoms with E-state index in [0.717, 1.165) is 25.9 Å². The van der Waals surface area contributed by atoms with Crippen molar-refractivity contribution >= 4 is 5.97 Å². The van der Waals surface area contributed by atoms with E-state index in [1.165, 1.54) is 0 Å². The van der Waals surface area contributed by atoms with Crippen molar-refractivity contribution in [3.8, 4) is 0 Å². The standard InChI is InChI=1S/C12H22N2O2/c1-11(2,3)16-10(15)12-8-13-7-9(12)5-4-6-14-12/h9,13-14H,4-8H2,1-3H3. The van der Waals surface area contributed by atoms with Crippen LogP contribution in [0.2, 0.25) is 0 Å². The molecule has 16 heavy (non-hydrogen) atoms. The van der Waals surface area contributed by atoms with Gasteiger partial charge < -0.3 is 15.4 Å². The summed E-state index contributed by atoms with van der Waals surface area (Å²) in [6.07, 6.45) is 2.26. The number of nitrogens with one attached hydrogen (secondary N) is 2. The van der Waals surface area contributed by atoms with E-state index in [1.54, 1.807) is 0 Å². The third kappa shape index (κ3) is 2.09. The molecule has 0 aromatic rings. The van der Waals surface area contributed by atoms with Crippen molar-refractivity contribution in [2.45, 2.75) is 44.8 Å². The molecule has 2 aliphatic heterocycles. The van der Waals surface area contributed by atoms with Crippen LogP contribution in [0.25, 0.3) is 0 Å². The van der Waals surface area contributed by atoms with Crippen LogP contribution in [0.4, 0.5) is 0 Å². The Morgan fingerprint density at radius 3 is 2.88 bits per heavy atom. The van der Waals surface area contributed by atoms with Crippen LogP contribution in [-0.2, 0) is 9.53 Å². The van der Waals surface area contributed by atoms with Crippen molar-refractivity contribution in [3.05, 3.63) is 0 Å². The molecule has 2 aliphatic rings. The Balaban J connectivity index is 2.13. The fourth-order valence-corrected chi connectivity index (χ4v) is 2.66. The van der Waals surface area contributed by atoms with E-state index in [1.807, 2.05) is 20.8 Å². The highest BCUT2D eigenvalue weighted by atomic mass is 16.6. The second kappa shape index (κ2) is 4.00. The van der Waals surface area contributed by atoms with Gasteiger partial charge in [-0.25, -0.2) is 4.79 Å². The summed E-state index contributed by atoms with van der Waals surface area (Å²) in [5, 5.41) is 6.69. The molecule has 2 atom stereocenters. The largest absolute Gasteiger partial charge is 0.459 e. The van der Waals surface area contributed by atoms with Gasteiger partial charge in [-0.15, -0.1) is 0 Å². The smallest absolute Gasteiger partial charge is 0.328 e. The minimum absolute atomic E-state index is 0.0882. The maximum atomic E-state index is 12.3. The van der Waals surface area contributed by atoms with E-state index in [2.05, 4.69) is 10.6 Å². The number of fused-ring (bicyclic) bond motifs is 1. The fourth-order valence-electron chi connectivity index (χ4n) is 2.66. The topological polar surface area (TPSA) is 50.4 Å². The number of hydrogen-bond donors (Lipinski definition) is 2. The molecule has 2 fully saturated rings. The number of piperidine rings is 1. The van der Waals surface area contributed by atoms with Gasteiger partial charge in [-0.2, -0.15) is 0 Å². The third-order valence-corrected chi connectivity index (χ3v) is 3.42. The van der Waals surface area contributed by atoms with E-state index >= 15 is 0 Å². The van der Waals surface area contributed by atoms with Crippen LogP contribution in [0.3, 0.4) is 0 Å². The predicted octanol–water partition coefficient (Wildman–Crippen LogP) is 0.670. The molecule has 2 N–H and O–H groups in total. The first-order valence-electron chi connectivity index (χ1n) is 6.13. The van der Waals surface area contributed by atoms with Crippen LogP contribution >= 0.6 is 0 Å². The van der Waals surface area contributed by atoms with Crippen molar-refractivity contribution in [2.75, 3.05) is 19.6 Å². The van der Waals surface area contributed by atoms with Gasteiger partial charge in [-0.05, 0) is 40.2 Å². The van der Waals surface area contributed by atoms with E-state index in [0.29, 0.717) is 12.5 Å². The van der Waals surface area contributed by atoms with Crippen LogP contribution in [0, 0.1) is 5.92 Å². The van der Waals surface area contributed by atoms with Crippen molar-refractivity contribution in [2.24, 2.45) is 5.92 Å². The third-order valence-electron chi connectivity index (χ3n) is 3.42. The summed E-state index contributed by atoms with van der Waals surface area (Å²) < 4.78 is 5.54. The molecule has 0 spiro atoms. The number of ether oxygens (including phenoxy) is 1. The minimum atomic E-state index is -0.467. The Labute approximate surface area is 97.1 Å². The molecule has 4 heteroatoms. The van der Waals surface area contributed by atoms with Gasteiger partial charge in [0.1, 0.15) is 11.1 Å². The number of carbonyl (C=O) groups excluding carboxylic acids is 1. The molecular weight excluding hydrogens is 204 g/mol. The maximum absolute atomic E-state index is 12.3. The van der Waals surface area contributed by atoms with Crippen LogP contribution in [0.15, 0.2) is 0 Å². The zero-order chi connectivity index (χ0) is 11.8. The summed E-state index contributed by atoms with van der Waals surface area (Å²) in [6, 6.07) is 0. The first-order valence-corrected chi connectivity index (χ1v) is 6.13. The molecule has 2 unspecified atom stereocenters. The van der Waals surface area contributed by atoms with Crippen LogP contribution in [0.5, 0.6) is 0 Å². The Kier molecular flexibility index (Phi) is 2.97. The summed E-state index contributed by atoms with van der Waals surface area (Å²) in [5.41, 5.74) is -0.871. The SMILES string of the molecule is CC(C)(C)OC(=O)C12CNCC1CCCN2. The number of esters is 1. The van der Waals surface area contributed by atoms with E-state index < -0.39 is 11.1 Å². The quantitative estimate of drug-likeness (QED) is 0.645. The Morgan fingerprint density at radius 2 is 2.19 bits per heavy atom. The normalized spacial score (nSPS) is 34.6. The average Bonchev–Trinajstić information content (AvgIpc) is 2.59. The summed E-state index contributed by atoms with van der Waals surface area (Å²) in [5.74, 6) is 0.297. The molecule has 4 nitrogen and oxygen atoms in total. The summed E-state index contributed by atoms with van der Waals surface area (Å²) in [7, 11) is 0. The molecule has 92 valence electrons. The molecule has 0 aliphatic carbocycles. The molecule has 0 amide bonds. The summed E-state index contributed by atoms with van der Waals surface area (Å²) >= 11 is 0. The zero-order valence-electron chi connectivity index (χ0n) is 10.4. The van der Waals surface area contributed by atoms with Gasteiger partial charge in [-0.3, -0.25) is 0 Å². The lowest BCUT2D eigenvalue weighted by Gasteiger charge is -2.39. The highest BCUT2D eigenvalue weighted by Crippen LogP contribution is 2.32. The lowest BCUT2D eigenvalue weighted by atomic mass is 9.80. The molecule has 0 aromatic carbocycles. The van der Waals surface area contributed by atoms with E-state index in [4.69, 9.17) is 4.74 Å². The lowest BCUT2D eigenvalue weighted by Crippen LogP contribution is -2.62. The molecule has 2 heterocycles. The lowest BCUT2D eigenvalue weighted by molar-refractivity contribution is -0.165. The van der Waals surface area contributed by atoms with Gasteiger partial charge in [0.05, 0.1) is 0 Å². The molecule has 0 aromatic heterocycles. The first kappa shape index (κ1) is 11.9. The van der Waals surface area contributed by atoms with Gasteiger partial charge in [-0.1, -0.05) is 0 Å². The zero-order valence-corrected chi connectivity index (χ0v) is 10.4. The second-order valence-electron chi connectivity index (χ2n) is 5.87. The summed E-state index contributed by atoms with van der Waals surface area (Å²) in [6.45, 7) is 8.29. The van der Waals surface area contributed by atoms with Gasteiger partial charge in [0.2, 0.25) is 0 Å². The molecule has 0 saturated carbocycles. The van der Waals surface area contributed by atoms with Crippen LogP contribution in [0.1, 0.15) is 33.6 Å². The van der Waals surface area contributed by atoms with Crippen LogP contribution < -0.4 is 10.6 Å². The van der Waals surface area contributed by atoms with E-state index in [9.17, 15) is 4.79 Å². The Morgan fingerprint density at radius 1 is 1.44 bits per heavy atom. The molecular formula is C12H22N2O2. The molecule has 2 saturated heterocycles. The second-order valence-corrected chi connectivity index (χ2v) is 5.87. The van der Waals surface area contributed by atoms with Crippen molar-refractivity contribution in [3.63, 3.8) is 0 Å². The average molecular weight is 226 g/mol. The van der Waals surface area contributed by atoms with Crippen LogP contribution in [-0.4, -0.2) is 36.7 Å². The highest BCUT2D eigenvalue weighted by molar-refractivity contribution is 5.83. The predicted molar refractivity (Wildman–Crippen MR) is 62.2 cm³/mol. The Hall–Kier alpha value is -0.610. The number of rotatable bonds is 1. The van der Waals surface area contributed by atoms with E-state index in [-0.39, 0.29) is 5.97 Å². The maximum Gasteiger partial charge on any atom is 0.328 e. The number of carbonyl (C=O) groups is 1. The van der Waals surface area contributed by atoms with Crippen molar-refractivity contribution in [1.82, 2.24) is 10.6 Å². The van der Waals surface area contributed by atoms with Gasteiger partial charge in [0, 0.05) is 19.0 Å².